The van der Waals surface area contributed by atoms with Gasteiger partial charge in [0.2, 0.25) is 0 Å². The molecule has 1 unspecified atom stereocenters. The number of carbonyl (C=O) groups is 1. The van der Waals surface area contributed by atoms with Crippen molar-refractivity contribution in [3.05, 3.63) is 54.0 Å². The fourth-order valence-corrected chi connectivity index (χ4v) is 2.84. The van der Waals surface area contributed by atoms with Crippen LogP contribution in [0.1, 0.15) is 29.0 Å². The SMILES string of the molecule is CC(NC(=O)c1cc(NCCN2CCOCC2)ncn1)c1ccccc1. The number of nitrogens with zero attached hydrogens (tertiary/aromatic N) is 3. The summed E-state index contributed by atoms with van der Waals surface area (Å²) in [6.45, 7) is 7.12. The molecule has 1 aromatic heterocycles. The summed E-state index contributed by atoms with van der Waals surface area (Å²) in [4.78, 5) is 23.1. The van der Waals surface area contributed by atoms with Crippen molar-refractivity contribution < 1.29 is 9.53 Å². The molecule has 2 N–H and O–H groups in total. The summed E-state index contributed by atoms with van der Waals surface area (Å²) in [6.07, 6.45) is 1.42. The molecule has 2 heterocycles. The third-order valence-corrected chi connectivity index (χ3v) is 4.38. The van der Waals surface area contributed by atoms with E-state index in [0.717, 1.165) is 45.0 Å². The minimum Gasteiger partial charge on any atom is -0.379 e. The quantitative estimate of drug-likeness (QED) is 0.787. The van der Waals surface area contributed by atoms with Gasteiger partial charge in [0.1, 0.15) is 17.8 Å². The lowest BCUT2D eigenvalue weighted by atomic mass is 10.1. The van der Waals surface area contributed by atoms with E-state index in [9.17, 15) is 4.79 Å². The lowest BCUT2D eigenvalue weighted by Crippen LogP contribution is -2.39. The first-order chi connectivity index (χ1) is 12.7. The summed E-state index contributed by atoms with van der Waals surface area (Å²) in [5, 5.41) is 6.23. The summed E-state index contributed by atoms with van der Waals surface area (Å²) in [5.74, 6) is 0.450. The Labute approximate surface area is 153 Å². The molecule has 1 aliphatic heterocycles. The highest BCUT2D eigenvalue weighted by Crippen LogP contribution is 2.12. The molecule has 2 aromatic rings. The van der Waals surface area contributed by atoms with Gasteiger partial charge in [0.05, 0.1) is 19.3 Å². The second-order valence-electron chi connectivity index (χ2n) is 6.28. The molecule has 7 nitrogen and oxygen atoms in total. The zero-order valence-corrected chi connectivity index (χ0v) is 15.0. The molecular formula is C19H25N5O2. The van der Waals surface area contributed by atoms with Crippen molar-refractivity contribution in [3.8, 4) is 0 Å². The Morgan fingerprint density at radius 2 is 2.00 bits per heavy atom. The molecule has 26 heavy (non-hydrogen) atoms. The molecule has 0 saturated carbocycles. The molecule has 1 amide bonds. The Hall–Kier alpha value is -2.51. The first kappa shape index (κ1) is 18.3. The second-order valence-corrected chi connectivity index (χ2v) is 6.28. The van der Waals surface area contributed by atoms with Crippen molar-refractivity contribution >= 4 is 11.7 Å². The van der Waals surface area contributed by atoms with Crippen LogP contribution >= 0.6 is 0 Å². The normalized spacial score (nSPS) is 16.0. The number of ether oxygens (including phenoxy) is 1. The largest absolute Gasteiger partial charge is 0.379 e. The highest BCUT2D eigenvalue weighted by Gasteiger charge is 2.14. The van der Waals surface area contributed by atoms with Crippen molar-refractivity contribution in [1.82, 2.24) is 20.2 Å². The summed E-state index contributed by atoms with van der Waals surface area (Å²) >= 11 is 0. The third kappa shape index (κ3) is 5.24. The van der Waals surface area contributed by atoms with Crippen LogP contribution in [0.15, 0.2) is 42.7 Å². The number of morpholine rings is 1. The van der Waals surface area contributed by atoms with Crippen LogP contribution in [0.2, 0.25) is 0 Å². The van der Waals surface area contributed by atoms with E-state index in [1.54, 1.807) is 6.07 Å². The number of nitrogens with one attached hydrogen (secondary N) is 2. The van der Waals surface area contributed by atoms with Crippen LogP contribution in [-0.2, 0) is 4.74 Å². The first-order valence-electron chi connectivity index (χ1n) is 8.94. The number of hydrogen-bond acceptors (Lipinski definition) is 6. The van der Waals surface area contributed by atoms with E-state index in [1.807, 2.05) is 37.3 Å². The predicted octanol–water partition coefficient (Wildman–Crippen LogP) is 1.71. The zero-order valence-electron chi connectivity index (χ0n) is 15.0. The molecule has 0 spiro atoms. The van der Waals surface area contributed by atoms with Gasteiger partial charge >= 0.3 is 0 Å². The molecule has 0 aliphatic carbocycles. The zero-order chi connectivity index (χ0) is 18.2. The molecule has 3 rings (SSSR count). The van der Waals surface area contributed by atoms with Gasteiger partial charge in [-0.3, -0.25) is 9.69 Å². The molecule has 1 fully saturated rings. The van der Waals surface area contributed by atoms with Crippen LogP contribution in [0.4, 0.5) is 5.82 Å². The Bertz CT molecular complexity index is 704. The van der Waals surface area contributed by atoms with Gasteiger partial charge in [-0.15, -0.1) is 0 Å². The monoisotopic (exact) mass is 355 g/mol. The van der Waals surface area contributed by atoms with Gasteiger partial charge in [-0.1, -0.05) is 30.3 Å². The van der Waals surface area contributed by atoms with E-state index in [4.69, 9.17) is 4.74 Å². The van der Waals surface area contributed by atoms with E-state index < -0.39 is 0 Å². The Morgan fingerprint density at radius 1 is 1.23 bits per heavy atom. The molecule has 1 atom stereocenters. The van der Waals surface area contributed by atoms with Crippen molar-refractivity contribution in [2.24, 2.45) is 0 Å². The highest BCUT2D eigenvalue weighted by molar-refractivity contribution is 5.93. The van der Waals surface area contributed by atoms with Crippen LogP contribution in [0, 0.1) is 0 Å². The van der Waals surface area contributed by atoms with Gasteiger partial charge in [-0.05, 0) is 12.5 Å². The minimum atomic E-state index is -0.208. The standard InChI is InChI=1S/C19H25N5O2/c1-15(16-5-3-2-4-6-16)23-19(25)17-13-18(22-14-21-17)20-7-8-24-9-11-26-12-10-24/h2-6,13-15H,7-12H2,1H3,(H,23,25)(H,20,21,22). The summed E-state index contributed by atoms with van der Waals surface area (Å²) in [6, 6.07) is 11.5. The van der Waals surface area contributed by atoms with Crippen LogP contribution in [0.3, 0.4) is 0 Å². The first-order valence-corrected chi connectivity index (χ1v) is 8.94. The Morgan fingerprint density at radius 3 is 2.77 bits per heavy atom. The molecule has 1 aromatic carbocycles. The maximum Gasteiger partial charge on any atom is 0.270 e. The average molecular weight is 355 g/mol. The number of benzene rings is 1. The van der Waals surface area contributed by atoms with Crippen LogP contribution < -0.4 is 10.6 Å². The topological polar surface area (TPSA) is 79.4 Å². The molecule has 0 bridgehead atoms. The number of aromatic nitrogens is 2. The lowest BCUT2D eigenvalue weighted by molar-refractivity contribution is 0.0398. The lowest BCUT2D eigenvalue weighted by Gasteiger charge is -2.26. The maximum atomic E-state index is 12.5. The molecule has 0 radical (unpaired) electrons. The van der Waals surface area contributed by atoms with E-state index in [1.165, 1.54) is 6.33 Å². The number of amides is 1. The molecule has 1 saturated heterocycles. The third-order valence-electron chi connectivity index (χ3n) is 4.38. The number of anilines is 1. The number of rotatable bonds is 7. The minimum absolute atomic E-state index is 0.0867. The second kappa shape index (κ2) is 9.26. The van der Waals surface area contributed by atoms with Crippen LogP contribution in [0.25, 0.3) is 0 Å². The van der Waals surface area contributed by atoms with E-state index in [-0.39, 0.29) is 11.9 Å². The van der Waals surface area contributed by atoms with Gasteiger partial charge in [-0.2, -0.15) is 0 Å². The summed E-state index contributed by atoms with van der Waals surface area (Å²) in [7, 11) is 0. The molecule has 1 aliphatic rings. The maximum absolute atomic E-state index is 12.5. The van der Waals surface area contributed by atoms with Crippen LogP contribution in [-0.4, -0.2) is 60.2 Å². The highest BCUT2D eigenvalue weighted by atomic mass is 16.5. The van der Waals surface area contributed by atoms with Crippen molar-refractivity contribution in [2.45, 2.75) is 13.0 Å². The van der Waals surface area contributed by atoms with Gasteiger partial charge in [-0.25, -0.2) is 9.97 Å². The van der Waals surface area contributed by atoms with Gasteiger partial charge in [0, 0.05) is 32.2 Å². The smallest absolute Gasteiger partial charge is 0.270 e. The van der Waals surface area contributed by atoms with E-state index in [0.29, 0.717) is 11.5 Å². The predicted molar refractivity (Wildman–Crippen MR) is 100 cm³/mol. The van der Waals surface area contributed by atoms with Crippen molar-refractivity contribution in [3.63, 3.8) is 0 Å². The van der Waals surface area contributed by atoms with Gasteiger partial charge < -0.3 is 15.4 Å². The summed E-state index contributed by atoms with van der Waals surface area (Å²) in [5.41, 5.74) is 1.41. The van der Waals surface area contributed by atoms with E-state index in [2.05, 4.69) is 25.5 Å². The van der Waals surface area contributed by atoms with Gasteiger partial charge in [0.15, 0.2) is 0 Å². The Balaban J connectivity index is 1.51. The molecular weight excluding hydrogens is 330 g/mol. The number of carbonyl (C=O) groups excluding carboxylic acids is 1. The molecule has 138 valence electrons. The fourth-order valence-electron chi connectivity index (χ4n) is 2.84. The average Bonchev–Trinajstić information content (AvgIpc) is 2.69. The fraction of sp³-hybridized carbons (Fsp3) is 0.421. The van der Waals surface area contributed by atoms with Gasteiger partial charge in [0.25, 0.3) is 5.91 Å². The summed E-state index contributed by atoms with van der Waals surface area (Å²) < 4.78 is 5.34. The number of hydrogen-bond donors (Lipinski definition) is 2. The molecule has 7 heteroatoms. The van der Waals surface area contributed by atoms with E-state index >= 15 is 0 Å². The Kier molecular flexibility index (Phi) is 6.51. The van der Waals surface area contributed by atoms with Crippen molar-refractivity contribution in [1.29, 1.82) is 0 Å². The van der Waals surface area contributed by atoms with Crippen molar-refractivity contribution in [2.75, 3.05) is 44.7 Å². The van der Waals surface area contributed by atoms with Crippen LogP contribution in [0.5, 0.6) is 0 Å².